The zero-order valence-electron chi connectivity index (χ0n) is 15.2. The molecule has 0 aliphatic carbocycles. The second kappa shape index (κ2) is 12.2. The fraction of sp³-hybridized carbons (Fsp3) is 0.333. The Labute approximate surface area is 156 Å². The normalized spacial score (nSPS) is 11.9. The zero-order chi connectivity index (χ0) is 21.0. The van der Waals surface area contributed by atoms with Gasteiger partial charge in [0.1, 0.15) is 13.2 Å². The molecule has 148 valence electrons. The predicted octanol–water partition coefficient (Wildman–Crippen LogP) is 1.35. The topological polar surface area (TPSA) is 114 Å². The Kier molecular flexibility index (Phi) is 10.8. The molecule has 0 aliphatic rings. The van der Waals surface area contributed by atoms with Crippen molar-refractivity contribution >= 4 is 23.9 Å². The first-order valence-electron chi connectivity index (χ1n) is 7.57. The van der Waals surface area contributed by atoms with Gasteiger partial charge >= 0.3 is 23.9 Å². The lowest BCUT2D eigenvalue weighted by Crippen LogP contribution is -2.33. The summed E-state index contributed by atoms with van der Waals surface area (Å²) in [5.41, 5.74) is 0.144. The Morgan fingerprint density at radius 1 is 0.741 bits per heavy atom. The Hall–Kier alpha value is -3.20. The van der Waals surface area contributed by atoms with E-state index >= 15 is 0 Å². The SMILES string of the molecule is C=CC(=O)OC(COCC(OC(=O)C=C)OC(=O)C(=C)C)OC(=O)C(=C)C. The number of carbonyl (C=O) groups is 4. The lowest BCUT2D eigenvalue weighted by atomic mass is 10.4. The van der Waals surface area contributed by atoms with Crippen molar-refractivity contribution in [1.82, 2.24) is 0 Å². The van der Waals surface area contributed by atoms with Crippen LogP contribution in [-0.2, 0) is 42.9 Å². The van der Waals surface area contributed by atoms with Crippen molar-refractivity contribution in [3.05, 3.63) is 49.6 Å². The van der Waals surface area contributed by atoms with Crippen molar-refractivity contribution < 1.29 is 42.9 Å². The molecular formula is C18H22O9. The molecule has 0 aliphatic heterocycles. The molecule has 0 amide bonds. The quantitative estimate of drug-likeness (QED) is 0.280. The van der Waals surface area contributed by atoms with Crippen molar-refractivity contribution in [2.24, 2.45) is 0 Å². The Bertz CT molecular complexity index is 579. The van der Waals surface area contributed by atoms with Crippen molar-refractivity contribution in [3.8, 4) is 0 Å². The van der Waals surface area contributed by atoms with E-state index in [1.165, 1.54) is 13.8 Å². The standard InChI is InChI=1S/C18H22O9/c1-7-13(19)24-15(26-17(21)11(3)4)9-23-10-16(25-14(20)8-2)27-18(22)12(5)6/h7-8,15-16H,1-3,5,9-10H2,4,6H3. The summed E-state index contributed by atoms with van der Waals surface area (Å²) in [5, 5.41) is 0. The first-order chi connectivity index (χ1) is 12.6. The number of esters is 4. The van der Waals surface area contributed by atoms with Gasteiger partial charge in [0.05, 0.1) is 0 Å². The van der Waals surface area contributed by atoms with E-state index in [1.807, 2.05) is 0 Å². The van der Waals surface area contributed by atoms with Gasteiger partial charge in [-0.1, -0.05) is 26.3 Å². The second-order valence-electron chi connectivity index (χ2n) is 5.05. The van der Waals surface area contributed by atoms with E-state index in [0.717, 1.165) is 12.2 Å². The van der Waals surface area contributed by atoms with Gasteiger partial charge in [-0.25, -0.2) is 19.2 Å². The van der Waals surface area contributed by atoms with Crippen LogP contribution in [0.5, 0.6) is 0 Å². The molecule has 0 N–H and O–H groups in total. The Morgan fingerprint density at radius 3 is 1.33 bits per heavy atom. The van der Waals surface area contributed by atoms with Gasteiger partial charge in [0.15, 0.2) is 0 Å². The third kappa shape index (κ3) is 10.4. The molecule has 0 heterocycles. The maximum absolute atomic E-state index is 11.6. The summed E-state index contributed by atoms with van der Waals surface area (Å²) in [5.74, 6) is -3.35. The lowest BCUT2D eigenvalue weighted by Gasteiger charge is -2.20. The molecule has 0 saturated heterocycles. The van der Waals surface area contributed by atoms with Gasteiger partial charge in [0.25, 0.3) is 12.6 Å². The zero-order valence-corrected chi connectivity index (χ0v) is 15.2. The number of rotatable bonds is 12. The average Bonchev–Trinajstić information content (AvgIpc) is 2.60. The molecule has 0 aromatic rings. The number of hydrogen-bond acceptors (Lipinski definition) is 9. The molecule has 2 unspecified atom stereocenters. The molecule has 9 heteroatoms. The largest absolute Gasteiger partial charge is 0.419 e. The highest BCUT2D eigenvalue weighted by Gasteiger charge is 2.22. The van der Waals surface area contributed by atoms with E-state index < -0.39 is 49.7 Å². The highest BCUT2D eigenvalue weighted by Crippen LogP contribution is 2.06. The van der Waals surface area contributed by atoms with Crippen molar-refractivity contribution in [1.29, 1.82) is 0 Å². The van der Waals surface area contributed by atoms with Gasteiger partial charge in [-0.15, -0.1) is 0 Å². The van der Waals surface area contributed by atoms with Crippen LogP contribution in [0.2, 0.25) is 0 Å². The second-order valence-corrected chi connectivity index (χ2v) is 5.05. The summed E-state index contributed by atoms with van der Waals surface area (Å²) in [6.45, 7) is 15.2. The molecule has 27 heavy (non-hydrogen) atoms. The van der Waals surface area contributed by atoms with E-state index in [0.29, 0.717) is 0 Å². The van der Waals surface area contributed by atoms with E-state index in [1.54, 1.807) is 0 Å². The molecule has 0 spiro atoms. The van der Waals surface area contributed by atoms with Crippen LogP contribution in [0.1, 0.15) is 13.8 Å². The van der Waals surface area contributed by atoms with Crippen molar-refractivity contribution in [3.63, 3.8) is 0 Å². The summed E-state index contributed by atoms with van der Waals surface area (Å²) in [6, 6.07) is 0. The molecule has 9 nitrogen and oxygen atoms in total. The minimum atomic E-state index is -1.42. The predicted molar refractivity (Wildman–Crippen MR) is 92.8 cm³/mol. The van der Waals surface area contributed by atoms with E-state index in [-0.39, 0.29) is 11.1 Å². The summed E-state index contributed by atoms with van der Waals surface area (Å²) in [7, 11) is 0. The van der Waals surface area contributed by atoms with Gasteiger partial charge in [0, 0.05) is 23.3 Å². The molecule has 0 saturated carbocycles. The molecular weight excluding hydrogens is 360 g/mol. The molecule has 0 rings (SSSR count). The molecule has 0 aromatic carbocycles. The minimum absolute atomic E-state index is 0.0721. The smallest absolute Gasteiger partial charge is 0.336 e. The highest BCUT2D eigenvalue weighted by molar-refractivity contribution is 5.88. The first kappa shape index (κ1) is 23.8. The van der Waals surface area contributed by atoms with Gasteiger partial charge in [-0.05, 0) is 13.8 Å². The summed E-state index contributed by atoms with van der Waals surface area (Å²) >= 11 is 0. The molecule has 0 bridgehead atoms. The van der Waals surface area contributed by atoms with Crippen molar-refractivity contribution in [2.45, 2.75) is 26.4 Å². The third-order valence-corrected chi connectivity index (χ3v) is 2.51. The monoisotopic (exact) mass is 382 g/mol. The number of hydrogen-bond donors (Lipinski definition) is 0. The first-order valence-corrected chi connectivity index (χ1v) is 7.57. The minimum Gasteiger partial charge on any atom is -0.419 e. The summed E-state index contributed by atoms with van der Waals surface area (Å²) in [6.07, 6.45) is -1.12. The highest BCUT2D eigenvalue weighted by atomic mass is 16.7. The fourth-order valence-electron chi connectivity index (χ4n) is 1.24. The Balaban J connectivity index is 4.89. The summed E-state index contributed by atoms with van der Waals surface area (Å²) < 4.78 is 24.6. The number of ether oxygens (including phenoxy) is 5. The van der Waals surface area contributed by atoms with Gasteiger partial charge in [-0.2, -0.15) is 0 Å². The Morgan fingerprint density at radius 2 is 1.07 bits per heavy atom. The van der Waals surface area contributed by atoms with Crippen LogP contribution in [0.15, 0.2) is 49.6 Å². The van der Waals surface area contributed by atoms with Crippen LogP contribution < -0.4 is 0 Å². The van der Waals surface area contributed by atoms with E-state index in [4.69, 9.17) is 23.7 Å². The van der Waals surface area contributed by atoms with Crippen LogP contribution in [0, 0.1) is 0 Å². The van der Waals surface area contributed by atoms with E-state index in [2.05, 4.69) is 26.3 Å². The van der Waals surface area contributed by atoms with Crippen LogP contribution in [0.3, 0.4) is 0 Å². The van der Waals surface area contributed by atoms with Gasteiger partial charge < -0.3 is 23.7 Å². The van der Waals surface area contributed by atoms with Crippen LogP contribution >= 0.6 is 0 Å². The van der Waals surface area contributed by atoms with Gasteiger partial charge in [-0.3, -0.25) is 0 Å². The molecule has 0 fully saturated rings. The van der Waals surface area contributed by atoms with Crippen LogP contribution in [0.4, 0.5) is 0 Å². The van der Waals surface area contributed by atoms with E-state index in [9.17, 15) is 19.2 Å². The molecule has 0 radical (unpaired) electrons. The molecule has 2 atom stereocenters. The molecule has 0 aromatic heterocycles. The lowest BCUT2D eigenvalue weighted by molar-refractivity contribution is -0.205. The van der Waals surface area contributed by atoms with Gasteiger partial charge in [0.2, 0.25) is 0 Å². The third-order valence-electron chi connectivity index (χ3n) is 2.51. The summed E-state index contributed by atoms with van der Waals surface area (Å²) in [4.78, 5) is 45.8. The fourth-order valence-corrected chi connectivity index (χ4v) is 1.24. The maximum atomic E-state index is 11.6. The average molecular weight is 382 g/mol. The van der Waals surface area contributed by atoms with Crippen LogP contribution in [-0.4, -0.2) is 49.7 Å². The van der Waals surface area contributed by atoms with Crippen LogP contribution in [0.25, 0.3) is 0 Å². The maximum Gasteiger partial charge on any atom is 0.336 e. The van der Waals surface area contributed by atoms with Crippen molar-refractivity contribution in [2.75, 3.05) is 13.2 Å². The number of carbonyl (C=O) groups excluding carboxylic acids is 4.